The summed E-state index contributed by atoms with van der Waals surface area (Å²) >= 11 is 0. The minimum atomic E-state index is -0.812. The molecular weight excluding hydrogens is 174 g/mol. The van der Waals surface area contributed by atoms with Gasteiger partial charge in [0.1, 0.15) is 5.60 Å². The van der Waals surface area contributed by atoms with Crippen LogP contribution >= 0.6 is 0 Å². The molecule has 0 amide bonds. The van der Waals surface area contributed by atoms with E-state index in [1.807, 2.05) is 58.8 Å². The van der Waals surface area contributed by atoms with Gasteiger partial charge < -0.3 is 10.0 Å². The van der Waals surface area contributed by atoms with Crippen LogP contribution in [-0.2, 0) is 0 Å². The summed E-state index contributed by atoms with van der Waals surface area (Å²) < 4.78 is 0. The second kappa shape index (κ2) is 5.32. The lowest BCUT2D eigenvalue weighted by atomic mass is 9.86. The zero-order valence-electron chi connectivity index (χ0n) is 10.3. The van der Waals surface area contributed by atoms with Crippen LogP contribution in [0.5, 0.6) is 0 Å². The molecule has 0 aliphatic carbocycles. The van der Waals surface area contributed by atoms with Crippen molar-refractivity contribution in [1.82, 2.24) is 4.90 Å². The highest BCUT2D eigenvalue weighted by Crippen LogP contribution is 2.26. The zero-order chi connectivity index (χ0) is 11.4. The van der Waals surface area contributed by atoms with Crippen molar-refractivity contribution in [2.24, 2.45) is 0 Å². The smallest absolute Gasteiger partial charge is 0.119 e. The van der Waals surface area contributed by atoms with E-state index in [0.717, 1.165) is 11.1 Å². The third-order valence-corrected chi connectivity index (χ3v) is 2.72. The Morgan fingerprint density at radius 1 is 1.14 bits per heavy atom. The van der Waals surface area contributed by atoms with E-state index in [0.29, 0.717) is 6.54 Å². The second-order valence-corrected chi connectivity index (χ2v) is 4.04. The molecule has 0 rings (SSSR count). The maximum absolute atomic E-state index is 10.5. The summed E-state index contributed by atoms with van der Waals surface area (Å²) in [5.41, 5.74) is 1.19. The largest absolute Gasteiger partial charge is 0.380 e. The number of rotatable bonds is 4. The van der Waals surface area contributed by atoms with E-state index in [1.54, 1.807) is 0 Å². The molecule has 0 radical (unpaired) electrons. The molecule has 0 fully saturated rings. The van der Waals surface area contributed by atoms with Crippen molar-refractivity contribution in [1.29, 1.82) is 0 Å². The molecule has 0 saturated heterocycles. The Bertz CT molecular complexity index is 221. The zero-order valence-corrected chi connectivity index (χ0v) is 10.3. The van der Waals surface area contributed by atoms with Gasteiger partial charge in [-0.05, 0) is 52.9 Å². The van der Waals surface area contributed by atoms with Gasteiger partial charge in [0.25, 0.3) is 0 Å². The quantitative estimate of drug-likeness (QED) is 0.698. The van der Waals surface area contributed by atoms with E-state index in [4.69, 9.17) is 0 Å². The van der Waals surface area contributed by atoms with Crippen molar-refractivity contribution >= 4 is 0 Å². The Kier molecular flexibility index (Phi) is 5.09. The normalized spacial score (nSPS) is 18.6. The highest BCUT2D eigenvalue weighted by molar-refractivity contribution is 5.30. The van der Waals surface area contributed by atoms with E-state index >= 15 is 0 Å². The Labute approximate surface area is 87.9 Å². The first-order valence-electron chi connectivity index (χ1n) is 5.02. The van der Waals surface area contributed by atoms with Crippen molar-refractivity contribution in [2.45, 2.75) is 33.3 Å². The van der Waals surface area contributed by atoms with E-state index in [-0.39, 0.29) is 0 Å². The molecule has 1 N–H and O–H groups in total. The van der Waals surface area contributed by atoms with Gasteiger partial charge in [0.05, 0.1) is 0 Å². The molecule has 2 heteroatoms. The van der Waals surface area contributed by atoms with Crippen molar-refractivity contribution in [3.8, 4) is 0 Å². The molecule has 0 aromatic heterocycles. The molecular formula is C12H23NO. The lowest BCUT2D eigenvalue weighted by Gasteiger charge is -2.33. The second-order valence-electron chi connectivity index (χ2n) is 4.04. The Balaban J connectivity index is 5.05. The van der Waals surface area contributed by atoms with Crippen LogP contribution in [0.25, 0.3) is 0 Å². The maximum Gasteiger partial charge on any atom is 0.119 e. The Morgan fingerprint density at radius 3 is 1.71 bits per heavy atom. The van der Waals surface area contributed by atoms with Gasteiger partial charge in [0, 0.05) is 6.54 Å². The first kappa shape index (κ1) is 13.4. The van der Waals surface area contributed by atoms with Crippen LogP contribution in [0.1, 0.15) is 27.7 Å². The highest BCUT2D eigenvalue weighted by Gasteiger charge is 2.30. The monoisotopic (exact) mass is 197 g/mol. The highest BCUT2D eigenvalue weighted by atomic mass is 16.3. The van der Waals surface area contributed by atoms with Crippen LogP contribution < -0.4 is 0 Å². The van der Waals surface area contributed by atoms with Gasteiger partial charge in [-0.25, -0.2) is 0 Å². The van der Waals surface area contributed by atoms with Gasteiger partial charge in [-0.2, -0.15) is 0 Å². The number of allylic oxidation sites excluding steroid dienone is 2. The molecule has 0 atom stereocenters. The molecule has 82 valence electrons. The summed E-state index contributed by atoms with van der Waals surface area (Å²) in [5, 5.41) is 10.5. The molecule has 0 aliphatic rings. The molecule has 0 spiro atoms. The summed E-state index contributed by atoms with van der Waals surface area (Å²) in [5.74, 6) is 0. The topological polar surface area (TPSA) is 23.5 Å². The predicted octanol–water partition coefficient (Wildman–Crippen LogP) is 2.21. The van der Waals surface area contributed by atoms with E-state index in [9.17, 15) is 5.11 Å². The van der Waals surface area contributed by atoms with Gasteiger partial charge in [-0.1, -0.05) is 12.2 Å². The maximum atomic E-state index is 10.5. The van der Waals surface area contributed by atoms with Crippen molar-refractivity contribution in [3.63, 3.8) is 0 Å². The van der Waals surface area contributed by atoms with Crippen LogP contribution in [0.4, 0.5) is 0 Å². The van der Waals surface area contributed by atoms with Crippen LogP contribution in [0, 0.1) is 0 Å². The van der Waals surface area contributed by atoms with E-state index in [2.05, 4.69) is 0 Å². The fourth-order valence-corrected chi connectivity index (χ4v) is 1.50. The Hall–Kier alpha value is -0.600. The lowest BCUT2D eigenvalue weighted by Crippen LogP contribution is -2.42. The fraction of sp³-hybridized carbons (Fsp3) is 0.667. The Morgan fingerprint density at radius 2 is 1.50 bits per heavy atom. The summed E-state index contributed by atoms with van der Waals surface area (Å²) in [4.78, 5) is 2.00. The predicted molar refractivity (Wildman–Crippen MR) is 62.4 cm³/mol. The first-order valence-corrected chi connectivity index (χ1v) is 5.02. The number of nitrogens with zero attached hydrogens (tertiary/aromatic N) is 1. The van der Waals surface area contributed by atoms with Crippen LogP contribution in [0.15, 0.2) is 23.3 Å². The molecule has 2 nitrogen and oxygen atoms in total. The minimum Gasteiger partial charge on any atom is -0.380 e. The summed E-state index contributed by atoms with van der Waals surface area (Å²) in [6.07, 6.45) is 3.94. The number of aliphatic hydroxyl groups is 1. The van der Waals surface area contributed by atoms with Crippen molar-refractivity contribution in [3.05, 3.63) is 23.3 Å². The fourth-order valence-electron chi connectivity index (χ4n) is 1.50. The molecule has 0 saturated carbocycles. The van der Waals surface area contributed by atoms with Gasteiger partial charge in [-0.15, -0.1) is 0 Å². The average molecular weight is 197 g/mol. The SMILES string of the molecule is C/C=C(\C)C(O)(CN(C)C)/C(C)=C/C. The first-order chi connectivity index (χ1) is 6.38. The molecule has 0 heterocycles. The van der Waals surface area contributed by atoms with E-state index in [1.165, 1.54) is 0 Å². The lowest BCUT2D eigenvalue weighted by molar-refractivity contribution is 0.0841. The average Bonchev–Trinajstić information content (AvgIpc) is 2.13. The number of hydrogen-bond donors (Lipinski definition) is 1. The van der Waals surface area contributed by atoms with Crippen molar-refractivity contribution in [2.75, 3.05) is 20.6 Å². The summed E-state index contributed by atoms with van der Waals surface area (Å²) in [6.45, 7) is 8.48. The standard InChI is InChI=1S/C12H23NO/c1-7-10(3)12(14,9-13(5)6)11(4)8-2/h7-8,14H,9H2,1-6H3/b10-7+,11-8+. The molecule has 0 aromatic carbocycles. The number of hydrogen-bond acceptors (Lipinski definition) is 2. The molecule has 0 aliphatic heterocycles. The third-order valence-electron chi connectivity index (χ3n) is 2.72. The molecule has 0 aromatic rings. The molecule has 0 bridgehead atoms. The summed E-state index contributed by atoms with van der Waals surface area (Å²) in [6, 6.07) is 0. The van der Waals surface area contributed by atoms with Crippen LogP contribution in [-0.4, -0.2) is 36.2 Å². The minimum absolute atomic E-state index is 0.624. The molecule has 14 heavy (non-hydrogen) atoms. The van der Waals surface area contributed by atoms with Gasteiger partial charge in [0.2, 0.25) is 0 Å². The van der Waals surface area contributed by atoms with Gasteiger partial charge in [0.15, 0.2) is 0 Å². The van der Waals surface area contributed by atoms with Crippen LogP contribution in [0.2, 0.25) is 0 Å². The molecule has 0 unspecified atom stereocenters. The van der Waals surface area contributed by atoms with Gasteiger partial charge in [-0.3, -0.25) is 0 Å². The van der Waals surface area contributed by atoms with E-state index < -0.39 is 5.60 Å². The third kappa shape index (κ3) is 2.96. The van der Waals surface area contributed by atoms with Gasteiger partial charge >= 0.3 is 0 Å². The summed E-state index contributed by atoms with van der Waals surface area (Å²) in [7, 11) is 3.94. The van der Waals surface area contributed by atoms with Crippen LogP contribution in [0.3, 0.4) is 0 Å². The van der Waals surface area contributed by atoms with Crippen molar-refractivity contribution < 1.29 is 5.11 Å². The number of likely N-dealkylation sites (N-methyl/N-ethyl adjacent to an activating group) is 1.